The van der Waals surface area contributed by atoms with Crippen molar-refractivity contribution in [2.24, 2.45) is 0 Å². The molecule has 0 rings (SSSR count). The summed E-state index contributed by atoms with van der Waals surface area (Å²) in [4.78, 5) is 0. The molecule has 1 atom stereocenters. The summed E-state index contributed by atoms with van der Waals surface area (Å²) in [5.74, 6) is 0. The highest BCUT2D eigenvalue weighted by Crippen LogP contribution is 2.53. The minimum absolute atomic E-state index is 0.0698. The van der Waals surface area contributed by atoms with Crippen molar-refractivity contribution in [3.8, 4) is 0 Å². The first-order valence-corrected chi connectivity index (χ1v) is 5.89. The molecule has 0 heterocycles. The van der Waals surface area contributed by atoms with Crippen molar-refractivity contribution in [3.05, 3.63) is 0 Å². The molecule has 0 amide bonds. The first-order valence-electron chi connectivity index (χ1n) is 4.42. The van der Waals surface area contributed by atoms with Crippen molar-refractivity contribution >= 4 is 7.82 Å². The Hall–Kier alpha value is -0.100. The fourth-order valence-electron chi connectivity index (χ4n) is 0.639. The minimum Gasteiger partial charge on any atom is -0.287 e. The van der Waals surface area contributed by atoms with Gasteiger partial charge in [0.25, 0.3) is 0 Å². The van der Waals surface area contributed by atoms with Crippen LogP contribution in [0.5, 0.6) is 0 Å². The van der Waals surface area contributed by atoms with E-state index in [0.29, 0.717) is 6.42 Å². The van der Waals surface area contributed by atoms with E-state index in [-0.39, 0.29) is 13.2 Å². The molecule has 92 valence electrons. The molecule has 0 N–H and O–H groups in total. The van der Waals surface area contributed by atoms with E-state index in [2.05, 4.69) is 13.6 Å². The minimum atomic E-state index is -4.36. The van der Waals surface area contributed by atoms with Gasteiger partial charge >= 0.3 is 13.9 Å². The summed E-state index contributed by atoms with van der Waals surface area (Å²) in [6.07, 6.45) is -3.71. The number of halogens is 3. The van der Waals surface area contributed by atoms with Gasteiger partial charge in [0.1, 0.15) is 0 Å². The molecule has 4 nitrogen and oxygen atoms in total. The molecule has 0 radical (unpaired) electrons. The lowest BCUT2D eigenvalue weighted by Crippen LogP contribution is -2.23. The van der Waals surface area contributed by atoms with Gasteiger partial charge in [0.15, 0.2) is 6.67 Å². The van der Waals surface area contributed by atoms with Gasteiger partial charge in [-0.2, -0.15) is 8.78 Å². The van der Waals surface area contributed by atoms with E-state index in [1.54, 1.807) is 6.92 Å². The molecule has 0 aliphatic rings. The number of hydrogen-bond donors (Lipinski definition) is 0. The molecule has 0 aliphatic carbocycles. The van der Waals surface area contributed by atoms with E-state index in [1.165, 1.54) is 6.92 Å². The Morgan fingerprint density at radius 3 is 2.27 bits per heavy atom. The molecular formula is C7H14F3O4P. The van der Waals surface area contributed by atoms with Gasteiger partial charge in [0, 0.05) is 0 Å². The maximum atomic E-state index is 12.5. The molecular weight excluding hydrogens is 236 g/mol. The monoisotopic (exact) mass is 250 g/mol. The van der Waals surface area contributed by atoms with Crippen LogP contribution in [-0.2, 0) is 18.1 Å². The summed E-state index contributed by atoms with van der Waals surface area (Å²) in [6, 6.07) is 0. The summed E-state index contributed by atoms with van der Waals surface area (Å²) >= 11 is 0. The van der Waals surface area contributed by atoms with Crippen molar-refractivity contribution in [2.45, 2.75) is 26.4 Å². The van der Waals surface area contributed by atoms with Gasteiger partial charge in [-0.1, -0.05) is 6.92 Å². The van der Waals surface area contributed by atoms with Crippen LogP contribution < -0.4 is 0 Å². The Morgan fingerprint density at radius 2 is 1.87 bits per heavy atom. The van der Waals surface area contributed by atoms with Crippen LogP contribution in [0.2, 0.25) is 0 Å². The van der Waals surface area contributed by atoms with E-state index in [1.807, 2.05) is 0 Å². The topological polar surface area (TPSA) is 44.8 Å². The summed E-state index contributed by atoms with van der Waals surface area (Å²) in [5.41, 5.74) is 0. The number of phosphoric ester groups is 1. The maximum Gasteiger partial charge on any atom is 0.479 e. The zero-order valence-corrected chi connectivity index (χ0v) is 9.44. The van der Waals surface area contributed by atoms with Gasteiger partial charge in [0.05, 0.1) is 13.2 Å². The average Bonchev–Trinajstić information content (AvgIpc) is 2.14. The van der Waals surface area contributed by atoms with Gasteiger partial charge in [0.2, 0.25) is 0 Å². The molecule has 0 saturated carbocycles. The second-order valence-corrected chi connectivity index (χ2v) is 4.15. The van der Waals surface area contributed by atoms with Crippen LogP contribution in [0.15, 0.2) is 0 Å². The smallest absolute Gasteiger partial charge is 0.287 e. The van der Waals surface area contributed by atoms with E-state index in [9.17, 15) is 17.7 Å². The molecule has 8 heteroatoms. The Labute approximate surface area is 86.3 Å². The average molecular weight is 250 g/mol. The molecule has 15 heavy (non-hydrogen) atoms. The second kappa shape index (κ2) is 6.48. The largest absolute Gasteiger partial charge is 0.479 e. The molecule has 0 aromatic rings. The third-order valence-corrected chi connectivity index (χ3v) is 2.71. The van der Waals surface area contributed by atoms with Gasteiger partial charge in [-0.15, -0.1) is 0 Å². The summed E-state index contributed by atoms with van der Waals surface area (Å²) in [5, 5.41) is 0. The van der Waals surface area contributed by atoms with Crippen molar-refractivity contribution in [2.75, 3.05) is 19.9 Å². The van der Waals surface area contributed by atoms with E-state index >= 15 is 0 Å². The lowest BCUT2D eigenvalue weighted by molar-refractivity contribution is -0.199. The normalized spacial score (nSPS) is 16.3. The highest BCUT2D eigenvalue weighted by Gasteiger charge is 2.42. The number of hydrogen-bond acceptors (Lipinski definition) is 4. The maximum absolute atomic E-state index is 12.5. The first kappa shape index (κ1) is 14.9. The molecule has 0 aromatic heterocycles. The van der Waals surface area contributed by atoms with E-state index < -0.39 is 20.6 Å². The predicted octanol–water partition coefficient (Wildman–Crippen LogP) is 3.14. The number of rotatable bonds is 8. The quantitative estimate of drug-likeness (QED) is 0.621. The lowest BCUT2D eigenvalue weighted by atomic mass is 10.5. The van der Waals surface area contributed by atoms with Crippen molar-refractivity contribution < 1.29 is 31.3 Å². The van der Waals surface area contributed by atoms with Gasteiger partial charge in [-0.05, 0) is 13.3 Å². The third kappa shape index (κ3) is 6.14. The van der Waals surface area contributed by atoms with Crippen LogP contribution in [0.4, 0.5) is 13.2 Å². The number of alkyl halides is 3. The lowest BCUT2D eigenvalue weighted by Gasteiger charge is -2.20. The summed E-state index contributed by atoms with van der Waals surface area (Å²) < 4.78 is 60.8. The SMILES string of the molecule is CCCOP(=O)(OCC)OC(F)(F)CF. The number of phosphoric acid groups is 1. The zero-order valence-electron chi connectivity index (χ0n) is 8.54. The van der Waals surface area contributed by atoms with E-state index in [0.717, 1.165) is 0 Å². The highest BCUT2D eigenvalue weighted by molar-refractivity contribution is 7.48. The summed E-state index contributed by atoms with van der Waals surface area (Å²) in [7, 11) is -4.36. The second-order valence-electron chi connectivity index (χ2n) is 2.56. The predicted molar refractivity (Wildman–Crippen MR) is 47.5 cm³/mol. The molecule has 0 aliphatic heterocycles. The van der Waals surface area contributed by atoms with E-state index in [4.69, 9.17) is 0 Å². The fraction of sp³-hybridized carbons (Fsp3) is 1.00. The molecule has 0 saturated heterocycles. The summed E-state index contributed by atoms with van der Waals surface area (Å²) in [6.45, 7) is 0.824. The van der Waals surface area contributed by atoms with Gasteiger partial charge in [-0.3, -0.25) is 9.05 Å². The van der Waals surface area contributed by atoms with Crippen LogP contribution in [0, 0.1) is 0 Å². The van der Waals surface area contributed by atoms with Crippen LogP contribution in [-0.4, -0.2) is 26.0 Å². The van der Waals surface area contributed by atoms with Crippen molar-refractivity contribution in [1.82, 2.24) is 0 Å². The first-order chi connectivity index (χ1) is 6.89. The Bertz CT molecular complexity index is 224. The van der Waals surface area contributed by atoms with Crippen molar-refractivity contribution in [1.29, 1.82) is 0 Å². The van der Waals surface area contributed by atoms with Crippen LogP contribution in [0.25, 0.3) is 0 Å². The van der Waals surface area contributed by atoms with Crippen molar-refractivity contribution in [3.63, 3.8) is 0 Å². The standard InChI is InChI=1S/C7H14F3O4P/c1-3-5-13-15(11,12-4-2)14-7(9,10)6-8/h3-6H2,1-2H3. The molecule has 0 fully saturated rings. The van der Waals surface area contributed by atoms with Crippen LogP contribution in [0.1, 0.15) is 20.3 Å². The highest BCUT2D eigenvalue weighted by atomic mass is 31.2. The van der Waals surface area contributed by atoms with Gasteiger partial charge in [-0.25, -0.2) is 13.5 Å². The molecule has 1 unspecified atom stereocenters. The third-order valence-electron chi connectivity index (χ3n) is 1.14. The molecule has 0 bridgehead atoms. The van der Waals surface area contributed by atoms with Crippen LogP contribution >= 0.6 is 7.82 Å². The van der Waals surface area contributed by atoms with Gasteiger partial charge < -0.3 is 0 Å². The fourth-order valence-corrected chi connectivity index (χ4v) is 1.92. The Balaban J connectivity index is 4.43. The Kier molecular flexibility index (Phi) is 6.43. The Morgan fingerprint density at radius 1 is 1.27 bits per heavy atom. The zero-order chi connectivity index (χ0) is 11.9. The molecule has 0 aromatic carbocycles. The van der Waals surface area contributed by atoms with Crippen LogP contribution in [0.3, 0.4) is 0 Å². The molecule has 0 spiro atoms.